The highest BCUT2D eigenvalue weighted by Gasteiger charge is 2.04. The van der Waals surface area contributed by atoms with E-state index in [9.17, 15) is 0 Å². The van der Waals surface area contributed by atoms with Gasteiger partial charge in [0.25, 0.3) is 0 Å². The average molecular weight is 230 g/mol. The maximum Gasteiger partial charge on any atom is 0.110 e. The Bertz CT molecular complexity index is 503. The minimum Gasteiger partial charge on any atom is -0.395 e. The quantitative estimate of drug-likeness (QED) is 0.847. The minimum absolute atomic E-state index is 0.149. The number of nitrogens with zero attached hydrogens (tertiary/aromatic N) is 1. The van der Waals surface area contributed by atoms with Crippen LogP contribution in [0.5, 0.6) is 0 Å². The summed E-state index contributed by atoms with van der Waals surface area (Å²) in [4.78, 5) is 0. The van der Waals surface area contributed by atoms with E-state index >= 15 is 0 Å². The number of aromatic nitrogens is 1. The summed E-state index contributed by atoms with van der Waals surface area (Å²) in [7, 11) is 0. The molecule has 1 heterocycles. The third-order valence-electron chi connectivity index (χ3n) is 2.78. The van der Waals surface area contributed by atoms with E-state index in [2.05, 4.69) is 37.4 Å². The number of hydrogen-bond acceptors (Lipinski definition) is 2. The van der Waals surface area contributed by atoms with Crippen molar-refractivity contribution in [1.82, 2.24) is 4.57 Å². The van der Waals surface area contributed by atoms with Crippen LogP contribution < -0.4 is 5.32 Å². The first kappa shape index (κ1) is 11.7. The maximum absolute atomic E-state index is 9.03. The Morgan fingerprint density at radius 3 is 2.71 bits per heavy atom. The number of anilines is 2. The molecule has 90 valence electrons. The number of hydrogen-bond donors (Lipinski definition) is 2. The number of benzene rings is 1. The standard InChI is InChI=1S/C14H18N2O/c1-11-9-14(16(10-11)7-8-17)15-13-6-4-3-5-12(13)2/h3-6,9-10,15,17H,7-8H2,1-2H3. The van der Waals surface area contributed by atoms with Crippen molar-refractivity contribution in [2.45, 2.75) is 20.4 Å². The predicted molar refractivity (Wildman–Crippen MR) is 70.7 cm³/mol. The minimum atomic E-state index is 0.149. The second-order valence-corrected chi connectivity index (χ2v) is 4.26. The zero-order valence-electron chi connectivity index (χ0n) is 10.3. The lowest BCUT2D eigenvalue weighted by molar-refractivity contribution is 0.277. The first-order chi connectivity index (χ1) is 8.20. The van der Waals surface area contributed by atoms with Gasteiger partial charge in [0.05, 0.1) is 6.61 Å². The smallest absolute Gasteiger partial charge is 0.110 e. The fraction of sp³-hybridized carbons (Fsp3) is 0.286. The molecule has 0 saturated carbocycles. The molecule has 3 heteroatoms. The SMILES string of the molecule is Cc1cc(Nc2ccccc2C)n(CCO)c1. The molecule has 0 saturated heterocycles. The molecule has 17 heavy (non-hydrogen) atoms. The molecule has 0 spiro atoms. The summed E-state index contributed by atoms with van der Waals surface area (Å²) >= 11 is 0. The molecule has 0 aliphatic carbocycles. The molecule has 3 nitrogen and oxygen atoms in total. The van der Waals surface area contributed by atoms with E-state index < -0.39 is 0 Å². The lowest BCUT2D eigenvalue weighted by Crippen LogP contribution is -2.05. The van der Waals surface area contributed by atoms with E-state index in [0.717, 1.165) is 11.5 Å². The molecule has 2 aromatic rings. The van der Waals surface area contributed by atoms with Gasteiger partial charge in [-0.15, -0.1) is 0 Å². The molecule has 0 radical (unpaired) electrons. The lowest BCUT2D eigenvalue weighted by atomic mass is 10.2. The predicted octanol–water partition coefficient (Wildman–Crippen LogP) is 2.84. The fourth-order valence-electron chi connectivity index (χ4n) is 1.90. The van der Waals surface area contributed by atoms with E-state index in [0.29, 0.717) is 6.54 Å². The van der Waals surface area contributed by atoms with Crippen LogP contribution in [0.1, 0.15) is 11.1 Å². The van der Waals surface area contributed by atoms with E-state index in [-0.39, 0.29) is 6.61 Å². The highest BCUT2D eigenvalue weighted by molar-refractivity contribution is 5.61. The van der Waals surface area contributed by atoms with Gasteiger partial charge < -0.3 is 15.0 Å². The van der Waals surface area contributed by atoms with Crippen LogP contribution in [0.2, 0.25) is 0 Å². The van der Waals surface area contributed by atoms with Gasteiger partial charge >= 0.3 is 0 Å². The van der Waals surface area contributed by atoms with Crippen molar-refractivity contribution < 1.29 is 5.11 Å². The number of aliphatic hydroxyl groups excluding tert-OH is 1. The largest absolute Gasteiger partial charge is 0.395 e. The molecule has 0 atom stereocenters. The van der Waals surface area contributed by atoms with Gasteiger partial charge in [0.2, 0.25) is 0 Å². The van der Waals surface area contributed by atoms with Gasteiger partial charge in [-0.25, -0.2) is 0 Å². The Balaban J connectivity index is 2.26. The summed E-state index contributed by atoms with van der Waals surface area (Å²) in [5, 5.41) is 12.4. The van der Waals surface area contributed by atoms with Crippen LogP contribution >= 0.6 is 0 Å². The van der Waals surface area contributed by atoms with E-state index in [1.54, 1.807) is 0 Å². The zero-order valence-corrected chi connectivity index (χ0v) is 10.3. The fourth-order valence-corrected chi connectivity index (χ4v) is 1.90. The number of rotatable bonds is 4. The second-order valence-electron chi connectivity index (χ2n) is 4.26. The van der Waals surface area contributed by atoms with Crippen molar-refractivity contribution >= 4 is 11.5 Å². The van der Waals surface area contributed by atoms with Gasteiger partial charge in [0.15, 0.2) is 0 Å². The Kier molecular flexibility index (Phi) is 3.49. The Morgan fingerprint density at radius 1 is 1.24 bits per heavy atom. The highest BCUT2D eigenvalue weighted by atomic mass is 16.3. The topological polar surface area (TPSA) is 37.2 Å². The van der Waals surface area contributed by atoms with Crippen molar-refractivity contribution in [2.24, 2.45) is 0 Å². The number of aliphatic hydroxyl groups is 1. The highest BCUT2D eigenvalue weighted by Crippen LogP contribution is 2.22. The number of para-hydroxylation sites is 1. The molecular formula is C14H18N2O. The number of nitrogens with one attached hydrogen (secondary N) is 1. The molecule has 0 bridgehead atoms. The molecule has 0 aliphatic heterocycles. The summed E-state index contributed by atoms with van der Waals surface area (Å²) in [5.74, 6) is 1.02. The molecule has 2 N–H and O–H groups in total. The third kappa shape index (κ3) is 2.68. The molecule has 0 amide bonds. The monoisotopic (exact) mass is 230 g/mol. The van der Waals surface area contributed by atoms with Crippen LogP contribution in [-0.4, -0.2) is 16.3 Å². The molecule has 0 aliphatic rings. The normalized spacial score (nSPS) is 10.5. The molecule has 0 fully saturated rings. The van der Waals surface area contributed by atoms with Gasteiger partial charge in [-0.3, -0.25) is 0 Å². The lowest BCUT2D eigenvalue weighted by Gasteiger charge is -2.12. The van der Waals surface area contributed by atoms with E-state index in [1.807, 2.05) is 22.9 Å². The first-order valence-corrected chi connectivity index (χ1v) is 5.81. The van der Waals surface area contributed by atoms with Gasteiger partial charge in [-0.1, -0.05) is 18.2 Å². The van der Waals surface area contributed by atoms with Crippen LogP contribution in [0, 0.1) is 13.8 Å². The molecule has 1 aromatic carbocycles. The Hall–Kier alpha value is -1.74. The van der Waals surface area contributed by atoms with E-state index in [1.165, 1.54) is 11.1 Å². The Labute approximate surface area is 102 Å². The van der Waals surface area contributed by atoms with Crippen LogP contribution in [-0.2, 0) is 6.54 Å². The third-order valence-corrected chi connectivity index (χ3v) is 2.78. The molecular weight excluding hydrogens is 212 g/mol. The van der Waals surface area contributed by atoms with Gasteiger partial charge in [0.1, 0.15) is 5.82 Å². The number of aryl methyl sites for hydroxylation is 2. The van der Waals surface area contributed by atoms with Gasteiger partial charge in [0, 0.05) is 18.4 Å². The van der Waals surface area contributed by atoms with Crippen LogP contribution in [0.25, 0.3) is 0 Å². The van der Waals surface area contributed by atoms with Crippen LogP contribution in [0.15, 0.2) is 36.5 Å². The molecule has 1 aromatic heterocycles. The van der Waals surface area contributed by atoms with Gasteiger partial charge in [-0.2, -0.15) is 0 Å². The molecule has 0 unspecified atom stereocenters. The Morgan fingerprint density at radius 2 is 2.00 bits per heavy atom. The van der Waals surface area contributed by atoms with Crippen molar-refractivity contribution in [1.29, 1.82) is 0 Å². The van der Waals surface area contributed by atoms with Crippen molar-refractivity contribution in [3.8, 4) is 0 Å². The van der Waals surface area contributed by atoms with Crippen molar-refractivity contribution in [3.63, 3.8) is 0 Å². The summed E-state index contributed by atoms with van der Waals surface area (Å²) in [6.45, 7) is 4.89. The van der Waals surface area contributed by atoms with Crippen LogP contribution in [0.4, 0.5) is 11.5 Å². The van der Waals surface area contributed by atoms with Gasteiger partial charge in [-0.05, 0) is 37.1 Å². The zero-order chi connectivity index (χ0) is 12.3. The summed E-state index contributed by atoms with van der Waals surface area (Å²) in [5.41, 5.74) is 3.50. The van der Waals surface area contributed by atoms with Crippen LogP contribution in [0.3, 0.4) is 0 Å². The van der Waals surface area contributed by atoms with E-state index in [4.69, 9.17) is 5.11 Å². The maximum atomic E-state index is 9.03. The average Bonchev–Trinajstić information content (AvgIpc) is 2.63. The van der Waals surface area contributed by atoms with Crippen molar-refractivity contribution in [2.75, 3.05) is 11.9 Å². The second kappa shape index (κ2) is 5.06. The summed E-state index contributed by atoms with van der Waals surface area (Å²) < 4.78 is 2.03. The summed E-state index contributed by atoms with van der Waals surface area (Å²) in [6.07, 6.45) is 2.04. The van der Waals surface area contributed by atoms with Crippen molar-refractivity contribution in [3.05, 3.63) is 47.7 Å². The summed E-state index contributed by atoms with van der Waals surface area (Å²) in [6, 6.07) is 10.3. The first-order valence-electron chi connectivity index (χ1n) is 5.81. The molecule has 2 rings (SSSR count).